The second kappa shape index (κ2) is 4.05. The van der Waals surface area contributed by atoms with E-state index in [2.05, 4.69) is 10.2 Å². The van der Waals surface area contributed by atoms with E-state index in [4.69, 9.17) is 5.73 Å². The fourth-order valence-electron chi connectivity index (χ4n) is 2.10. The van der Waals surface area contributed by atoms with E-state index >= 15 is 0 Å². The Morgan fingerprint density at radius 1 is 1.35 bits per heavy atom. The molecule has 92 valence electrons. The van der Waals surface area contributed by atoms with Crippen molar-refractivity contribution in [3.05, 3.63) is 11.8 Å². The average molecular weight is 234 g/mol. The fraction of sp³-hybridized carbons (Fsp3) is 0.667. The highest BCUT2D eigenvalue weighted by atomic mass is 16.2. The first-order valence-electron chi connectivity index (χ1n) is 6.32. The van der Waals surface area contributed by atoms with Crippen molar-refractivity contribution < 1.29 is 4.79 Å². The molecule has 0 aromatic carbocycles. The zero-order valence-electron chi connectivity index (χ0n) is 9.85. The van der Waals surface area contributed by atoms with Crippen LogP contribution in [0.25, 0.3) is 0 Å². The fourth-order valence-corrected chi connectivity index (χ4v) is 2.10. The van der Waals surface area contributed by atoms with Crippen LogP contribution in [0.5, 0.6) is 0 Å². The predicted octanol–water partition coefficient (Wildman–Crippen LogP) is 1.25. The Bertz CT molecular complexity index is 406. The van der Waals surface area contributed by atoms with Crippen LogP contribution in [0.1, 0.15) is 36.0 Å². The third kappa shape index (κ3) is 2.43. The van der Waals surface area contributed by atoms with Crippen molar-refractivity contribution in [2.45, 2.75) is 25.7 Å². The zero-order valence-corrected chi connectivity index (χ0v) is 9.85. The molecule has 0 bridgehead atoms. The Kier molecular flexibility index (Phi) is 2.53. The van der Waals surface area contributed by atoms with Gasteiger partial charge in [0.2, 0.25) is 0 Å². The molecule has 0 saturated heterocycles. The number of anilines is 1. The van der Waals surface area contributed by atoms with Gasteiger partial charge in [0.15, 0.2) is 0 Å². The van der Waals surface area contributed by atoms with E-state index in [-0.39, 0.29) is 5.91 Å². The molecule has 2 fully saturated rings. The smallest absolute Gasteiger partial charge is 0.259 e. The molecule has 0 radical (unpaired) electrons. The van der Waals surface area contributed by atoms with Gasteiger partial charge in [0, 0.05) is 13.1 Å². The highest BCUT2D eigenvalue weighted by molar-refractivity contribution is 5.98. The van der Waals surface area contributed by atoms with E-state index < -0.39 is 0 Å². The predicted molar refractivity (Wildman–Crippen MR) is 64.4 cm³/mol. The third-order valence-electron chi connectivity index (χ3n) is 3.54. The van der Waals surface area contributed by atoms with Crippen LogP contribution in [0.4, 0.5) is 5.82 Å². The topological polar surface area (TPSA) is 75.0 Å². The number of hydrogen-bond donors (Lipinski definition) is 2. The first-order chi connectivity index (χ1) is 8.24. The van der Waals surface area contributed by atoms with Gasteiger partial charge in [-0.25, -0.2) is 0 Å². The lowest BCUT2D eigenvalue weighted by molar-refractivity contribution is 0.0740. The summed E-state index contributed by atoms with van der Waals surface area (Å²) in [6.07, 6.45) is 6.57. The van der Waals surface area contributed by atoms with Gasteiger partial charge < -0.3 is 10.6 Å². The molecule has 0 spiro atoms. The van der Waals surface area contributed by atoms with Gasteiger partial charge in [-0.1, -0.05) is 0 Å². The number of hydrogen-bond acceptors (Lipinski definition) is 3. The molecule has 1 aromatic heterocycles. The number of carbonyl (C=O) groups is 1. The minimum absolute atomic E-state index is 0.0371. The number of rotatable bonds is 5. The van der Waals surface area contributed by atoms with E-state index in [1.165, 1.54) is 31.9 Å². The molecule has 1 heterocycles. The van der Waals surface area contributed by atoms with Gasteiger partial charge in [0.05, 0.1) is 6.20 Å². The number of H-pyrrole nitrogens is 1. The van der Waals surface area contributed by atoms with E-state index in [0.717, 1.165) is 13.1 Å². The van der Waals surface area contributed by atoms with Gasteiger partial charge in [0.1, 0.15) is 11.4 Å². The summed E-state index contributed by atoms with van der Waals surface area (Å²) < 4.78 is 0. The molecule has 2 aliphatic carbocycles. The van der Waals surface area contributed by atoms with Gasteiger partial charge >= 0.3 is 0 Å². The first kappa shape index (κ1) is 10.6. The highest BCUT2D eigenvalue weighted by Crippen LogP contribution is 2.34. The Labute approximate surface area is 100 Å². The molecule has 17 heavy (non-hydrogen) atoms. The number of nitrogen functional groups attached to an aromatic ring is 1. The monoisotopic (exact) mass is 234 g/mol. The quantitative estimate of drug-likeness (QED) is 0.805. The maximum atomic E-state index is 12.3. The summed E-state index contributed by atoms with van der Waals surface area (Å²) in [4.78, 5) is 14.3. The lowest BCUT2D eigenvalue weighted by atomic mass is 10.2. The molecule has 5 heteroatoms. The maximum Gasteiger partial charge on any atom is 0.259 e. The van der Waals surface area contributed by atoms with Gasteiger partial charge in [-0.05, 0) is 37.5 Å². The second-order valence-corrected chi connectivity index (χ2v) is 5.29. The minimum Gasteiger partial charge on any atom is -0.383 e. The van der Waals surface area contributed by atoms with Crippen LogP contribution in [0.15, 0.2) is 6.20 Å². The molecule has 3 N–H and O–H groups in total. The molecule has 2 aliphatic rings. The van der Waals surface area contributed by atoms with Crippen LogP contribution in [-0.2, 0) is 0 Å². The van der Waals surface area contributed by atoms with Crippen LogP contribution in [0.2, 0.25) is 0 Å². The summed E-state index contributed by atoms with van der Waals surface area (Å²) in [6.45, 7) is 1.78. The van der Waals surface area contributed by atoms with Crippen LogP contribution in [0, 0.1) is 11.8 Å². The molecule has 0 unspecified atom stereocenters. The van der Waals surface area contributed by atoms with Crippen LogP contribution >= 0.6 is 0 Å². The second-order valence-electron chi connectivity index (χ2n) is 5.29. The minimum atomic E-state index is 0.0371. The molecule has 0 aliphatic heterocycles. The Morgan fingerprint density at radius 3 is 2.35 bits per heavy atom. The van der Waals surface area contributed by atoms with Gasteiger partial charge in [-0.15, -0.1) is 0 Å². The number of nitrogens with one attached hydrogen (secondary N) is 1. The molecule has 1 amide bonds. The van der Waals surface area contributed by atoms with E-state index in [9.17, 15) is 4.79 Å². The summed E-state index contributed by atoms with van der Waals surface area (Å²) in [7, 11) is 0. The van der Waals surface area contributed by atoms with Crippen molar-refractivity contribution in [3.63, 3.8) is 0 Å². The van der Waals surface area contributed by atoms with Crippen molar-refractivity contribution in [1.29, 1.82) is 0 Å². The molecule has 5 nitrogen and oxygen atoms in total. The average Bonchev–Trinajstić information content (AvgIpc) is 3.21. The van der Waals surface area contributed by atoms with Gasteiger partial charge in [-0.3, -0.25) is 9.89 Å². The molecule has 3 rings (SSSR count). The number of nitrogens with two attached hydrogens (primary N) is 1. The van der Waals surface area contributed by atoms with Crippen molar-refractivity contribution in [3.8, 4) is 0 Å². The van der Waals surface area contributed by atoms with Crippen LogP contribution in [-0.4, -0.2) is 34.1 Å². The summed E-state index contributed by atoms with van der Waals surface area (Å²) in [5.41, 5.74) is 6.23. The van der Waals surface area contributed by atoms with Crippen LogP contribution in [0.3, 0.4) is 0 Å². The Morgan fingerprint density at radius 2 is 1.94 bits per heavy atom. The third-order valence-corrected chi connectivity index (χ3v) is 3.54. The summed E-state index contributed by atoms with van der Waals surface area (Å²) in [5.74, 6) is 1.85. The number of aromatic amines is 1. The van der Waals surface area contributed by atoms with Crippen LogP contribution < -0.4 is 5.73 Å². The van der Waals surface area contributed by atoms with Crippen molar-refractivity contribution >= 4 is 11.7 Å². The standard InChI is InChI=1S/C12H18N4O/c13-11-10(5-14-15-11)12(17)16(6-8-1-2-8)7-9-3-4-9/h5,8-9H,1-4,6-7H2,(H3,13,14,15). The highest BCUT2D eigenvalue weighted by Gasteiger charge is 2.32. The molecular weight excluding hydrogens is 216 g/mol. The van der Waals surface area contributed by atoms with Gasteiger partial charge in [0.25, 0.3) is 5.91 Å². The summed E-state index contributed by atoms with van der Waals surface area (Å²) in [5, 5.41) is 6.44. The van der Waals surface area contributed by atoms with Crippen molar-refractivity contribution in [2.75, 3.05) is 18.8 Å². The van der Waals surface area contributed by atoms with Crippen molar-refractivity contribution in [1.82, 2.24) is 15.1 Å². The normalized spacial score (nSPS) is 19.3. The molecular formula is C12H18N4O. The summed E-state index contributed by atoms with van der Waals surface area (Å²) in [6, 6.07) is 0. The lowest BCUT2D eigenvalue weighted by Gasteiger charge is -2.22. The largest absolute Gasteiger partial charge is 0.383 e. The lowest BCUT2D eigenvalue weighted by Crippen LogP contribution is -2.34. The van der Waals surface area contributed by atoms with Crippen molar-refractivity contribution in [2.24, 2.45) is 11.8 Å². The van der Waals surface area contributed by atoms with E-state index in [1.54, 1.807) is 0 Å². The number of amides is 1. The summed E-state index contributed by atoms with van der Waals surface area (Å²) >= 11 is 0. The van der Waals surface area contributed by atoms with E-state index in [0.29, 0.717) is 23.2 Å². The number of carbonyl (C=O) groups excluding carboxylic acids is 1. The SMILES string of the molecule is Nc1[nH]ncc1C(=O)N(CC1CC1)CC1CC1. The number of aromatic nitrogens is 2. The Hall–Kier alpha value is -1.52. The van der Waals surface area contributed by atoms with E-state index in [1.807, 2.05) is 4.90 Å². The molecule has 0 atom stereocenters. The zero-order chi connectivity index (χ0) is 11.8. The molecule has 2 saturated carbocycles. The first-order valence-corrected chi connectivity index (χ1v) is 6.32. The van der Waals surface area contributed by atoms with Gasteiger partial charge in [-0.2, -0.15) is 5.10 Å². The maximum absolute atomic E-state index is 12.3. The Balaban J connectivity index is 1.71. The number of nitrogens with zero attached hydrogens (tertiary/aromatic N) is 2. The molecule has 1 aromatic rings.